The van der Waals surface area contributed by atoms with E-state index in [4.69, 9.17) is 5.73 Å². The molecule has 2 amide bonds. The first-order chi connectivity index (χ1) is 13.3. The van der Waals surface area contributed by atoms with Gasteiger partial charge in [0, 0.05) is 23.8 Å². The Morgan fingerprint density at radius 1 is 1.00 bits per heavy atom. The van der Waals surface area contributed by atoms with Gasteiger partial charge >= 0.3 is 0 Å². The van der Waals surface area contributed by atoms with E-state index in [0.29, 0.717) is 16.7 Å². The van der Waals surface area contributed by atoms with Crippen LogP contribution in [0.15, 0.2) is 54.6 Å². The molecular formula is C21H22N2O4S. The molecule has 0 spiro atoms. The van der Waals surface area contributed by atoms with E-state index in [9.17, 15) is 19.2 Å². The Hall–Kier alpha value is -2.93. The number of nitrogens with two attached hydrogens (primary N) is 1. The number of thioether (sulfide) groups is 1. The minimum absolute atomic E-state index is 0.0563. The average Bonchev–Trinajstić information content (AvgIpc) is 2.70. The zero-order valence-corrected chi connectivity index (χ0v) is 16.5. The maximum Gasteiger partial charge on any atom is 0.240 e. The molecule has 2 rings (SSSR count). The number of ketones is 1. The highest BCUT2D eigenvalue weighted by molar-refractivity contribution is 8.13. The van der Waals surface area contributed by atoms with Crippen LogP contribution < -0.4 is 11.1 Å². The Kier molecular flexibility index (Phi) is 7.52. The number of hydrogen-bond donors (Lipinski definition) is 2. The second-order valence-electron chi connectivity index (χ2n) is 6.33. The number of carbonyl (C=O) groups is 4. The zero-order valence-electron chi connectivity index (χ0n) is 15.7. The van der Waals surface area contributed by atoms with Crippen LogP contribution in [-0.2, 0) is 14.4 Å². The second kappa shape index (κ2) is 9.85. The molecule has 2 aromatic rings. The molecule has 0 saturated heterocycles. The molecule has 28 heavy (non-hydrogen) atoms. The lowest BCUT2D eigenvalue weighted by molar-refractivity contribution is -0.125. The smallest absolute Gasteiger partial charge is 0.240 e. The highest BCUT2D eigenvalue weighted by Crippen LogP contribution is 2.24. The van der Waals surface area contributed by atoms with E-state index >= 15 is 0 Å². The number of nitrogens with one attached hydrogen (secondary N) is 1. The van der Waals surface area contributed by atoms with Gasteiger partial charge in [-0.3, -0.25) is 19.2 Å². The van der Waals surface area contributed by atoms with Crippen molar-refractivity contribution < 1.29 is 19.2 Å². The van der Waals surface area contributed by atoms with Gasteiger partial charge in [0.2, 0.25) is 11.8 Å². The summed E-state index contributed by atoms with van der Waals surface area (Å²) in [7, 11) is 0. The fourth-order valence-corrected chi connectivity index (χ4v) is 3.54. The van der Waals surface area contributed by atoms with Crippen LogP contribution in [0.25, 0.3) is 0 Å². The number of primary amides is 1. The molecule has 0 saturated carbocycles. The lowest BCUT2D eigenvalue weighted by atomic mass is 9.96. The number of amides is 2. The van der Waals surface area contributed by atoms with Gasteiger partial charge < -0.3 is 11.1 Å². The largest absolute Gasteiger partial charge is 0.368 e. The van der Waals surface area contributed by atoms with Gasteiger partial charge in [-0.1, -0.05) is 67.2 Å². The molecular weight excluding hydrogens is 376 g/mol. The number of carbonyl (C=O) groups excluding carboxylic acids is 4. The fourth-order valence-electron chi connectivity index (χ4n) is 2.57. The predicted molar refractivity (Wildman–Crippen MR) is 109 cm³/mol. The van der Waals surface area contributed by atoms with Crippen LogP contribution in [0.3, 0.4) is 0 Å². The molecule has 2 atom stereocenters. The predicted octanol–water partition coefficient (Wildman–Crippen LogP) is 2.27. The molecule has 7 heteroatoms. The third kappa shape index (κ3) is 5.79. The second-order valence-corrected chi connectivity index (χ2v) is 7.35. The summed E-state index contributed by atoms with van der Waals surface area (Å²) in [5.41, 5.74) is 7.03. The first kappa shape index (κ1) is 21.4. The maximum absolute atomic E-state index is 12.6. The van der Waals surface area contributed by atoms with E-state index in [1.54, 1.807) is 55.5 Å². The van der Waals surface area contributed by atoms with Gasteiger partial charge in [0.05, 0.1) is 5.92 Å². The number of hydrogen-bond acceptors (Lipinski definition) is 5. The quantitative estimate of drug-likeness (QED) is 0.664. The molecule has 0 aromatic heterocycles. The van der Waals surface area contributed by atoms with Crippen molar-refractivity contribution in [2.24, 2.45) is 5.73 Å². The van der Waals surface area contributed by atoms with Gasteiger partial charge in [0.25, 0.3) is 0 Å². The first-order valence-corrected chi connectivity index (χ1v) is 9.71. The van der Waals surface area contributed by atoms with Crippen molar-refractivity contribution in [2.75, 3.05) is 5.75 Å². The Bertz CT molecular complexity index is 883. The van der Waals surface area contributed by atoms with E-state index in [0.717, 1.165) is 11.8 Å². The van der Waals surface area contributed by atoms with Crippen molar-refractivity contribution in [1.29, 1.82) is 0 Å². The molecule has 0 aliphatic heterocycles. The lowest BCUT2D eigenvalue weighted by Crippen LogP contribution is -2.45. The summed E-state index contributed by atoms with van der Waals surface area (Å²) in [6, 6.07) is 14.9. The van der Waals surface area contributed by atoms with Gasteiger partial charge in [0.15, 0.2) is 10.9 Å². The van der Waals surface area contributed by atoms with E-state index in [1.807, 2.05) is 6.07 Å². The number of benzene rings is 2. The zero-order chi connectivity index (χ0) is 20.7. The van der Waals surface area contributed by atoms with Gasteiger partial charge in [-0.05, 0) is 11.6 Å². The van der Waals surface area contributed by atoms with E-state index < -0.39 is 23.8 Å². The summed E-state index contributed by atoms with van der Waals surface area (Å²) in [4.78, 5) is 47.6. The van der Waals surface area contributed by atoms with Gasteiger partial charge in [-0.2, -0.15) is 0 Å². The molecule has 0 radical (unpaired) electrons. The van der Waals surface area contributed by atoms with E-state index in [-0.39, 0.29) is 16.7 Å². The summed E-state index contributed by atoms with van der Waals surface area (Å²) < 4.78 is 0. The highest BCUT2D eigenvalue weighted by atomic mass is 32.2. The fraction of sp³-hybridized carbons (Fsp3) is 0.238. The van der Waals surface area contributed by atoms with Crippen molar-refractivity contribution in [3.8, 4) is 0 Å². The SMILES string of the molecule is CC(=O)N[C@H](CSC(=O)C(C)c1cccc(C(=O)c2ccccc2)c1)C(N)=O. The molecule has 2 aromatic carbocycles. The third-order valence-electron chi connectivity index (χ3n) is 4.15. The van der Waals surface area contributed by atoms with Crippen molar-refractivity contribution in [3.63, 3.8) is 0 Å². The summed E-state index contributed by atoms with van der Waals surface area (Å²) in [6.45, 7) is 3.01. The monoisotopic (exact) mass is 398 g/mol. The summed E-state index contributed by atoms with van der Waals surface area (Å²) >= 11 is 0.929. The van der Waals surface area contributed by atoms with Crippen molar-refractivity contribution in [2.45, 2.75) is 25.8 Å². The summed E-state index contributed by atoms with van der Waals surface area (Å²) in [5.74, 6) is -1.63. The highest BCUT2D eigenvalue weighted by Gasteiger charge is 2.22. The first-order valence-electron chi connectivity index (χ1n) is 8.72. The van der Waals surface area contributed by atoms with Crippen LogP contribution in [0.4, 0.5) is 0 Å². The third-order valence-corrected chi connectivity index (χ3v) is 5.29. The summed E-state index contributed by atoms with van der Waals surface area (Å²) in [5, 5.41) is 2.24. The Labute approximate surface area is 167 Å². The molecule has 3 N–H and O–H groups in total. The van der Waals surface area contributed by atoms with Crippen LogP contribution >= 0.6 is 11.8 Å². The Balaban J connectivity index is 2.08. The summed E-state index contributed by atoms with van der Waals surface area (Å²) in [6.07, 6.45) is 0. The Morgan fingerprint density at radius 2 is 1.64 bits per heavy atom. The van der Waals surface area contributed by atoms with Gasteiger partial charge in [-0.15, -0.1) is 0 Å². The van der Waals surface area contributed by atoms with Gasteiger partial charge in [0.1, 0.15) is 6.04 Å². The molecule has 0 aliphatic carbocycles. The van der Waals surface area contributed by atoms with Crippen LogP contribution in [0, 0.1) is 0 Å². The van der Waals surface area contributed by atoms with Crippen LogP contribution in [0.5, 0.6) is 0 Å². The molecule has 6 nitrogen and oxygen atoms in total. The standard InChI is InChI=1S/C21H22N2O4S/c1-13(21(27)28-12-18(20(22)26)23-14(2)24)16-9-6-10-17(11-16)19(25)15-7-4-3-5-8-15/h3-11,13,18H,12H2,1-2H3,(H2,22,26)(H,23,24)/t13?,18-/m1/s1. The molecule has 0 fully saturated rings. The normalized spacial score (nSPS) is 12.6. The van der Waals surface area contributed by atoms with E-state index in [2.05, 4.69) is 5.32 Å². The topological polar surface area (TPSA) is 106 Å². The molecule has 1 unspecified atom stereocenters. The molecule has 146 valence electrons. The maximum atomic E-state index is 12.6. The van der Waals surface area contributed by atoms with Crippen LogP contribution in [0.2, 0.25) is 0 Å². The van der Waals surface area contributed by atoms with Crippen LogP contribution in [0.1, 0.15) is 41.3 Å². The molecule has 0 bridgehead atoms. The van der Waals surface area contributed by atoms with Crippen molar-refractivity contribution in [3.05, 3.63) is 71.3 Å². The lowest BCUT2D eigenvalue weighted by Gasteiger charge is -2.15. The minimum atomic E-state index is -0.912. The van der Waals surface area contributed by atoms with Crippen molar-refractivity contribution in [1.82, 2.24) is 5.32 Å². The van der Waals surface area contributed by atoms with Crippen LogP contribution in [-0.4, -0.2) is 34.5 Å². The van der Waals surface area contributed by atoms with Crippen molar-refractivity contribution >= 4 is 34.5 Å². The average molecular weight is 398 g/mol. The molecule has 0 aliphatic rings. The molecule has 0 heterocycles. The Morgan fingerprint density at radius 3 is 2.25 bits per heavy atom. The minimum Gasteiger partial charge on any atom is -0.368 e. The van der Waals surface area contributed by atoms with Gasteiger partial charge in [-0.25, -0.2) is 0 Å². The van der Waals surface area contributed by atoms with E-state index in [1.165, 1.54) is 6.92 Å². The number of rotatable bonds is 8.